The number of anilines is 1. The Labute approximate surface area is 120 Å². The number of hydrogen-bond acceptors (Lipinski definition) is 2. The van der Waals surface area contributed by atoms with E-state index < -0.39 is 0 Å². The number of hydrazone groups is 1. The highest BCUT2D eigenvalue weighted by molar-refractivity contribution is 6.69. The summed E-state index contributed by atoms with van der Waals surface area (Å²) in [5.74, 6) is 0. The maximum atomic E-state index is 6.06. The Morgan fingerprint density at radius 1 is 0.944 bits per heavy atom. The minimum Gasteiger partial charge on any atom is -0.277 e. The summed E-state index contributed by atoms with van der Waals surface area (Å²) in [4.78, 5) is 0. The number of benzene rings is 2. The van der Waals surface area contributed by atoms with Crippen molar-refractivity contribution in [3.63, 3.8) is 0 Å². The molecule has 0 unspecified atom stereocenters. The predicted molar refractivity (Wildman–Crippen MR) is 78.9 cm³/mol. The molecule has 0 aliphatic rings. The molecular formula is C13H9Cl3N2. The topological polar surface area (TPSA) is 24.4 Å². The van der Waals surface area contributed by atoms with Crippen LogP contribution in [0.3, 0.4) is 0 Å². The fourth-order valence-electron chi connectivity index (χ4n) is 1.37. The van der Waals surface area contributed by atoms with E-state index in [0.717, 1.165) is 5.56 Å². The molecule has 2 nitrogen and oxygen atoms in total. The molecule has 0 radical (unpaired) electrons. The number of rotatable bonds is 3. The lowest BCUT2D eigenvalue weighted by Crippen LogP contribution is -1.96. The normalized spacial score (nSPS) is 11.4. The van der Waals surface area contributed by atoms with Gasteiger partial charge in [0, 0.05) is 15.6 Å². The van der Waals surface area contributed by atoms with Crippen molar-refractivity contribution in [2.45, 2.75) is 0 Å². The van der Waals surface area contributed by atoms with Crippen LogP contribution in [0.1, 0.15) is 5.56 Å². The van der Waals surface area contributed by atoms with E-state index in [1.165, 1.54) is 0 Å². The van der Waals surface area contributed by atoms with Gasteiger partial charge in [0.05, 0.1) is 5.69 Å². The van der Waals surface area contributed by atoms with E-state index in [2.05, 4.69) is 10.5 Å². The molecule has 0 fully saturated rings. The fraction of sp³-hybridized carbons (Fsp3) is 0. The van der Waals surface area contributed by atoms with E-state index >= 15 is 0 Å². The first-order valence-corrected chi connectivity index (χ1v) is 6.29. The van der Waals surface area contributed by atoms with Gasteiger partial charge in [0.15, 0.2) is 5.17 Å². The van der Waals surface area contributed by atoms with Gasteiger partial charge in [-0.3, -0.25) is 5.43 Å². The van der Waals surface area contributed by atoms with Crippen molar-refractivity contribution in [3.8, 4) is 0 Å². The van der Waals surface area contributed by atoms with Crippen LogP contribution in [0.4, 0.5) is 5.69 Å². The van der Waals surface area contributed by atoms with E-state index in [0.29, 0.717) is 20.9 Å². The highest BCUT2D eigenvalue weighted by Gasteiger charge is 2.00. The minimum absolute atomic E-state index is 0.367. The van der Waals surface area contributed by atoms with Crippen molar-refractivity contribution in [3.05, 3.63) is 64.1 Å². The molecule has 0 saturated carbocycles. The first kappa shape index (κ1) is 13.2. The summed E-state index contributed by atoms with van der Waals surface area (Å²) in [5, 5.41) is 5.50. The summed E-state index contributed by atoms with van der Waals surface area (Å²) >= 11 is 17.8. The predicted octanol–water partition coefficient (Wildman–Crippen LogP) is 5.01. The molecule has 0 saturated heterocycles. The van der Waals surface area contributed by atoms with Crippen LogP contribution in [-0.2, 0) is 0 Å². The van der Waals surface area contributed by atoms with E-state index in [1.54, 1.807) is 18.2 Å². The zero-order valence-corrected chi connectivity index (χ0v) is 11.5. The maximum Gasteiger partial charge on any atom is 0.156 e. The summed E-state index contributed by atoms with van der Waals surface area (Å²) in [5.41, 5.74) is 4.33. The zero-order chi connectivity index (χ0) is 13.0. The Morgan fingerprint density at radius 3 is 2.17 bits per heavy atom. The lowest BCUT2D eigenvalue weighted by atomic mass is 10.2. The van der Waals surface area contributed by atoms with Gasteiger partial charge in [-0.1, -0.05) is 65.1 Å². The first-order chi connectivity index (χ1) is 8.65. The Kier molecular flexibility index (Phi) is 4.48. The molecule has 5 heteroatoms. The molecule has 0 atom stereocenters. The van der Waals surface area contributed by atoms with Gasteiger partial charge in [0.25, 0.3) is 0 Å². The van der Waals surface area contributed by atoms with Crippen LogP contribution in [0, 0.1) is 0 Å². The minimum atomic E-state index is 0.367. The second kappa shape index (κ2) is 6.10. The molecule has 0 aliphatic heterocycles. The van der Waals surface area contributed by atoms with Gasteiger partial charge < -0.3 is 0 Å². The van der Waals surface area contributed by atoms with Gasteiger partial charge in [-0.15, -0.1) is 0 Å². The van der Waals surface area contributed by atoms with Crippen LogP contribution < -0.4 is 5.43 Å². The van der Waals surface area contributed by atoms with Crippen molar-refractivity contribution in [1.82, 2.24) is 0 Å². The van der Waals surface area contributed by atoms with Gasteiger partial charge in [-0.05, 0) is 18.2 Å². The van der Waals surface area contributed by atoms with E-state index in [-0.39, 0.29) is 0 Å². The van der Waals surface area contributed by atoms with Crippen LogP contribution in [0.15, 0.2) is 53.6 Å². The number of nitrogens with one attached hydrogen (secondary N) is 1. The number of hydrogen-bond donors (Lipinski definition) is 1. The Morgan fingerprint density at radius 2 is 1.56 bits per heavy atom. The largest absolute Gasteiger partial charge is 0.277 e. The lowest BCUT2D eigenvalue weighted by molar-refractivity contribution is 1.34. The van der Waals surface area contributed by atoms with E-state index in [4.69, 9.17) is 34.8 Å². The summed E-state index contributed by atoms with van der Waals surface area (Å²) in [7, 11) is 0. The van der Waals surface area contributed by atoms with Crippen LogP contribution >= 0.6 is 34.8 Å². The molecule has 2 aromatic rings. The van der Waals surface area contributed by atoms with E-state index in [1.807, 2.05) is 30.3 Å². The molecular weight excluding hydrogens is 291 g/mol. The Bertz CT molecular complexity index is 547. The highest BCUT2D eigenvalue weighted by atomic mass is 35.5. The average molecular weight is 300 g/mol. The van der Waals surface area contributed by atoms with Gasteiger partial charge >= 0.3 is 0 Å². The molecule has 0 spiro atoms. The molecule has 0 bridgehead atoms. The maximum absolute atomic E-state index is 6.06. The second-order valence-electron chi connectivity index (χ2n) is 3.54. The third-order valence-electron chi connectivity index (χ3n) is 2.16. The van der Waals surface area contributed by atoms with Crippen molar-refractivity contribution < 1.29 is 0 Å². The smallest absolute Gasteiger partial charge is 0.156 e. The highest BCUT2D eigenvalue weighted by Crippen LogP contribution is 2.22. The monoisotopic (exact) mass is 298 g/mol. The van der Waals surface area contributed by atoms with Crippen molar-refractivity contribution >= 4 is 45.7 Å². The third-order valence-corrected chi connectivity index (χ3v) is 2.90. The fourth-order valence-corrected chi connectivity index (χ4v) is 2.07. The molecule has 0 aliphatic carbocycles. The molecule has 0 heterocycles. The molecule has 1 N–H and O–H groups in total. The lowest BCUT2D eigenvalue weighted by Gasteiger charge is -2.03. The van der Waals surface area contributed by atoms with E-state index in [9.17, 15) is 0 Å². The number of halogens is 3. The average Bonchev–Trinajstić information content (AvgIpc) is 2.36. The van der Waals surface area contributed by atoms with Crippen LogP contribution in [-0.4, -0.2) is 5.17 Å². The van der Waals surface area contributed by atoms with Gasteiger partial charge in [-0.2, -0.15) is 5.10 Å². The standard InChI is InChI=1S/C13H9Cl3N2/c14-10-6-11(15)8-12(7-10)17-18-13(16)9-4-2-1-3-5-9/h1-8,17H/b18-13-. The van der Waals surface area contributed by atoms with Gasteiger partial charge in [-0.25, -0.2) is 0 Å². The van der Waals surface area contributed by atoms with Gasteiger partial charge in [0.1, 0.15) is 0 Å². The Balaban J connectivity index is 2.15. The molecule has 0 amide bonds. The molecule has 18 heavy (non-hydrogen) atoms. The summed E-state index contributed by atoms with van der Waals surface area (Å²) in [6.07, 6.45) is 0. The number of nitrogens with zero attached hydrogens (tertiary/aromatic N) is 1. The van der Waals surface area contributed by atoms with Crippen molar-refractivity contribution in [1.29, 1.82) is 0 Å². The van der Waals surface area contributed by atoms with Crippen molar-refractivity contribution in [2.75, 3.05) is 5.43 Å². The van der Waals surface area contributed by atoms with Gasteiger partial charge in [0.2, 0.25) is 0 Å². The molecule has 0 aromatic heterocycles. The van der Waals surface area contributed by atoms with Crippen LogP contribution in [0.2, 0.25) is 10.0 Å². The molecule has 92 valence electrons. The summed E-state index contributed by atoms with van der Waals surface area (Å²) < 4.78 is 0. The van der Waals surface area contributed by atoms with Crippen molar-refractivity contribution in [2.24, 2.45) is 5.10 Å². The molecule has 2 aromatic carbocycles. The van der Waals surface area contributed by atoms with Crippen LogP contribution in [0.5, 0.6) is 0 Å². The quantitative estimate of drug-likeness (QED) is 0.625. The third kappa shape index (κ3) is 3.64. The zero-order valence-electron chi connectivity index (χ0n) is 9.20. The SMILES string of the molecule is Cl/C(=N\Nc1cc(Cl)cc(Cl)c1)c1ccccc1. The van der Waals surface area contributed by atoms with Crippen LogP contribution in [0.25, 0.3) is 0 Å². The summed E-state index contributed by atoms with van der Waals surface area (Å²) in [6, 6.07) is 14.5. The summed E-state index contributed by atoms with van der Waals surface area (Å²) in [6.45, 7) is 0. The first-order valence-electron chi connectivity index (χ1n) is 5.16. The second-order valence-corrected chi connectivity index (χ2v) is 4.77. The molecule has 2 rings (SSSR count). The Hall–Kier alpha value is -1.22.